The topological polar surface area (TPSA) is 144 Å². The number of hydrogen-bond donors (Lipinski definition) is 3. The highest BCUT2D eigenvalue weighted by molar-refractivity contribution is 6.30. The Morgan fingerprint density at radius 2 is 1.62 bits per heavy atom. The zero-order chi connectivity index (χ0) is 35.3. The molecular formula is C38H35ClFN3O7. The van der Waals surface area contributed by atoms with Crippen LogP contribution in [-0.2, 0) is 29.4 Å². The molecule has 6 unspecified atom stereocenters. The lowest BCUT2D eigenvalue weighted by molar-refractivity contribution is -0.141. The van der Waals surface area contributed by atoms with Crippen LogP contribution in [0.15, 0.2) is 84.4 Å². The molecule has 3 aromatic rings. The van der Waals surface area contributed by atoms with Crippen LogP contribution in [0.25, 0.3) is 0 Å². The van der Waals surface area contributed by atoms with Crippen LogP contribution in [0.1, 0.15) is 55.6 Å². The molecule has 3 N–H and O–H groups in total. The lowest BCUT2D eigenvalue weighted by atomic mass is 9.49. The van der Waals surface area contributed by atoms with Gasteiger partial charge in [0.2, 0.25) is 11.8 Å². The Morgan fingerprint density at radius 3 is 2.32 bits per heavy atom. The molecule has 2 aliphatic heterocycles. The molecule has 50 heavy (non-hydrogen) atoms. The molecule has 1 saturated carbocycles. The standard InChI is InChI=1S/C38H35ClFN3O7/c39-22-11-9-21(10-12-22)38-29(35(48)43(37(38)50)41-24-15-13-23(40)14-16-24)20-28-25(33(38)26-6-3-4-7-30(26)44)17-18-27-32(28)36(49)42(34(27)47)19-5-1-2-8-31(45)46/h3-4,6-7,9-17,27-29,32-33,41,44H,1-2,5,8,18-20H2,(H,45,46). The number of unbranched alkanes of at least 4 members (excludes halogenated alkanes) is 2. The number of likely N-dealkylation sites (tertiary alicyclic amines) is 1. The van der Waals surface area contributed by atoms with Gasteiger partial charge < -0.3 is 10.2 Å². The van der Waals surface area contributed by atoms with E-state index in [4.69, 9.17) is 16.7 Å². The summed E-state index contributed by atoms with van der Waals surface area (Å²) in [5.74, 6) is -7.21. The first kappa shape index (κ1) is 33.5. The molecule has 3 fully saturated rings. The maximum absolute atomic E-state index is 15.1. The van der Waals surface area contributed by atoms with Crippen molar-refractivity contribution in [2.24, 2.45) is 23.7 Å². The third kappa shape index (κ3) is 5.35. The molecule has 6 atom stereocenters. The van der Waals surface area contributed by atoms with E-state index in [0.717, 1.165) is 5.01 Å². The molecule has 4 amide bonds. The van der Waals surface area contributed by atoms with Crippen LogP contribution in [0.3, 0.4) is 0 Å². The number of amides is 4. The Morgan fingerprint density at radius 1 is 0.900 bits per heavy atom. The summed E-state index contributed by atoms with van der Waals surface area (Å²) in [7, 11) is 0. The van der Waals surface area contributed by atoms with Gasteiger partial charge in [-0.2, -0.15) is 5.01 Å². The number of nitrogens with one attached hydrogen (secondary N) is 1. The highest BCUT2D eigenvalue weighted by Crippen LogP contribution is 2.64. The molecule has 4 aliphatic rings. The van der Waals surface area contributed by atoms with Gasteiger partial charge in [-0.05, 0) is 79.6 Å². The molecule has 258 valence electrons. The molecule has 0 bridgehead atoms. The minimum absolute atomic E-state index is 0.00670. The molecule has 0 radical (unpaired) electrons. The normalized spacial score (nSPS) is 27.2. The van der Waals surface area contributed by atoms with Crippen molar-refractivity contribution >= 4 is 46.9 Å². The van der Waals surface area contributed by atoms with Crippen molar-refractivity contribution in [1.29, 1.82) is 0 Å². The minimum Gasteiger partial charge on any atom is -0.508 e. The van der Waals surface area contributed by atoms with Crippen LogP contribution >= 0.6 is 11.6 Å². The van der Waals surface area contributed by atoms with E-state index in [1.807, 2.05) is 6.08 Å². The summed E-state index contributed by atoms with van der Waals surface area (Å²) in [6, 6.07) is 18.6. The van der Waals surface area contributed by atoms with E-state index in [1.165, 1.54) is 35.2 Å². The van der Waals surface area contributed by atoms with Gasteiger partial charge in [0.15, 0.2) is 0 Å². The highest BCUT2D eigenvalue weighted by atomic mass is 35.5. The molecule has 0 aromatic heterocycles. The molecule has 2 heterocycles. The van der Waals surface area contributed by atoms with Gasteiger partial charge in [0.05, 0.1) is 28.9 Å². The van der Waals surface area contributed by atoms with Gasteiger partial charge in [-0.3, -0.25) is 34.3 Å². The van der Waals surface area contributed by atoms with Crippen LogP contribution in [0.4, 0.5) is 10.1 Å². The summed E-state index contributed by atoms with van der Waals surface area (Å²) in [6.45, 7) is 0.167. The van der Waals surface area contributed by atoms with Gasteiger partial charge in [0, 0.05) is 29.5 Å². The van der Waals surface area contributed by atoms with Crippen LogP contribution < -0.4 is 5.43 Å². The number of halogens is 2. The SMILES string of the molecule is O=C(O)CCCCCN1C(=O)C2CC=C3C(CC4C(=O)N(Nc5ccc(F)cc5)C(=O)C4(c4ccc(Cl)cc4)C3c3ccccc3O)C2C1=O. The average molecular weight is 700 g/mol. The third-order valence-electron chi connectivity index (χ3n) is 10.9. The van der Waals surface area contributed by atoms with Crippen LogP contribution in [0, 0.1) is 29.5 Å². The maximum Gasteiger partial charge on any atom is 0.303 e. The fourth-order valence-corrected chi connectivity index (χ4v) is 8.87. The summed E-state index contributed by atoms with van der Waals surface area (Å²) >= 11 is 6.31. The number of phenols is 1. The number of hydrogen-bond acceptors (Lipinski definition) is 7. The first-order chi connectivity index (χ1) is 24.0. The number of carbonyl (C=O) groups is 5. The Bertz CT molecular complexity index is 1920. The van der Waals surface area contributed by atoms with E-state index in [1.54, 1.807) is 42.5 Å². The molecular weight excluding hydrogens is 665 g/mol. The second kappa shape index (κ2) is 13.0. The molecule has 2 aliphatic carbocycles. The number of aliphatic carboxylic acids is 1. The fraction of sp³-hybridized carbons (Fsp3) is 0.342. The number of aromatic hydroxyl groups is 1. The van der Waals surface area contributed by atoms with E-state index >= 15 is 4.79 Å². The van der Waals surface area contributed by atoms with E-state index < -0.39 is 58.6 Å². The number of imide groups is 2. The van der Waals surface area contributed by atoms with Crippen molar-refractivity contribution in [3.8, 4) is 5.75 Å². The van der Waals surface area contributed by atoms with Gasteiger partial charge in [-0.25, -0.2) is 4.39 Å². The summed E-state index contributed by atoms with van der Waals surface area (Å²) in [4.78, 5) is 69.8. The number of anilines is 1. The Kier molecular flexibility index (Phi) is 8.71. The van der Waals surface area contributed by atoms with Crippen molar-refractivity contribution in [1.82, 2.24) is 9.91 Å². The van der Waals surface area contributed by atoms with Crippen molar-refractivity contribution in [2.45, 2.75) is 49.9 Å². The summed E-state index contributed by atoms with van der Waals surface area (Å²) in [5, 5.41) is 21.7. The van der Waals surface area contributed by atoms with Crippen LogP contribution in [0.5, 0.6) is 5.75 Å². The Balaban J connectivity index is 1.34. The number of carboxylic acid groups (broad SMARTS) is 1. The lowest BCUT2D eigenvalue weighted by Crippen LogP contribution is -2.53. The number of phenolic OH excluding ortho intramolecular Hbond substituents is 1. The number of rotatable bonds is 10. The van der Waals surface area contributed by atoms with Gasteiger partial charge in [0.25, 0.3) is 11.8 Å². The third-order valence-corrected chi connectivity index (χ3v) is 11.1. The quantitative estimate of drug-likeness (QED) is 0.137. The van der Waals surface area contributed by atoms with Crippen molar-refractivity contribution in [3.63, 3.8) is 0 Å². The molecule has 7 rings (SSSR count). The van der Waals surface area contributed by atoms with Crippen molar-refractivity contribution in [3.05, 3.63) is 106 Å². The van der Waals surface area contributed by atoms with Crippen LogP contribution in [-0.4, -0.2) is 56.3 Å². The summed E-state index contributed by atoms with van der Waals surface area (Å²) < 4.78 is 13.8. The molecule has 2 saturated heterocycles. The molecule has 0 spiro atoms. The second-order valence-electron chi connectivity index (χ2n) is 13.5. The number of allylic oxidation sites excluding steroid dienone is 2. The second-order valence-corrected chi connectivity index (χ2v) is 13.9. The zero-order valence-corrected chi connectivity index (χ0v) is 27.7. The first-order valence-electron chi connectivity index (χ1n) is 16.8. The molecule has 3 aromatic carbocycles. The number of fused-ring (bicyclic) bond motifs is 4. The number of para-hydroxylation sites is 1. The maximum atomic E-state index is 15.1. The number of benzene rings is 3. The highest BCUT2D eigenvalue weighted by Gasteiger charge is 2.70. The number of carbonyl (C=O) groups excluding carboxylic acids is 4. The van der Waals surface area contributed by atoms with E-state index in [9.17, 15) is 28.7 Å². The predicted molar refractivity (Wildman–Crippen MR) is 180 cm³/mol. The number of carboxylic acids is 1. The number of nitrogens with zero attached hydrogens (tertiary/aromatic N) is 2. The number of hydrazine groups is 1. The monoisotopic (exact) mass is 699 g/mol. The van der Waals surface area contributed by atoms with Gasteiger partial charge in [-0.1, -0.05) is 60.0 Å². The smallest absolute Gasteiger partial charge is 0.303 e. The summed E-state index contributed by atoms with van der Waals surface area (Å²) in [6.07, 6.45) is 3.68. The van der Waals surface area contributed by atoms with Gasteiger partial charge >= 0.3 is 5.97 Å². The minimum atomic E-state index is -1.59. The zero-order valence-electron chi connectivity index (χ0n) is 26.9. The molecule has 12 heteroatoms. The van der Waals surface area contributed by atoms with E-state index in [-0.39, 0.29) is 43.4 Å². The predicted octanol–water partition coefficient (Wildman–Crippen LogP) is 5.81. The van der Waals surface area contributed by atoms with Crippen LogP contribution in [0.2, 0.25) is 5.02 Å². The first-order valence-corrected chi connectivity index (χ1v) is 17.1. The fourth-order valence-electron chi connectivity index (χ4n) is 8.74. The van der Waals surface area contributed by atoms with E-state index in [0.29, 0.717) is 46.7 Å². The lowest BCUT2D eigenvalue weighted by Gasteiger charge is -2.50. The van der Waals surface area contributed by atoms with Crippen molar-refractivity contribution < 1.29 is 38.6 Å². The summed E-state index contributed by atoms with van der Waals surface area (Å²) in [5.41, 5.74) is 3.23. The Labute approximate surface area is 292 Å². The van der Waals surface area contributed by atoms with Crippen molar-refractivity contribution in [2.75, 3.05) is 12.0 Å². The van der Waals surface area contributed by atoms with E-state index in [2.05, 4.69) is 5.43 Å². The molecule has 10 nitrogen and oxygen atoms in total. The Hall–Kier alpha value is -5.03. The average Bonchev–Trinajstić information content (AvgIpc) is 3.46. The van der Waals surface area contributed by atoms with Gasteiger partial charge in [-0.15, -0.1) is 0 Å². The van der Waals surface area contributed by atoms with Gasteiger partial charge in [0.1, 0.15) is 11.6 Å². The largest absolute Gasteiger partial charge is 0.508 e.